The molecule has 0 radical (unpaired) electrons. The summed E-state index contributed by atoms with van der Waals surface area (Å²) in [7, 11) is 0. The highest BCUT2D eigenvalue weighted by Crippen LogP contribution is 2.19. The van der Waals surface area contributed by atoms with Gasteiger partial charge in [-0.2, -0.15) is 0 Å². The van der Waals surface area contributed by atoms with E-state index in [1.165, 1.54) is 29.5 Å². The van der Waals surface area contributed by atoms with E-state index in [4.69, 9.17) is 5.73 Å². The molecule has 2 heteroatoms. The Labute approximate surface area is 92.9 Å². The van der Waals surface area contributed by atoms with Crippen molar-refractivity contribution in [3.05, 3.63) is 28.8 Å². The molecule has 0 heterocycles. The fourth-order valence-electron chi connectivity index (χ4n) is 1.70. The molecule has 0 aliphatic rings. The minimum Gasteiger partial charge on any atom is -0.399 e. The van der Waals surface area contributed by atoms with E-state index >= 15 is 0 Å². The first-order chi connectivity index (χ1) is 7.16. The molecule has 1 aromatic carbocycles. The molecule has 0 unspecified atom stereocenters. The van der Waals surface area contributed by atoms with Gasteiger partial charge in [-0.05, 0) is 49.6 Å². The molecule has 0 aliphatic heterocycles. The van der Waals surface area contributed by atoms with Crippen LogP contribution < -0.4 is 11.1 Å². The maximum atomic E-state index is 5.89. The van der Waals surface area contributed by atoms with Crippen LogP contribution in [0, 0.1) is 13.8 Å². The third kappa shape index (κ3) is 3.24. The summed E-state index contributed by atoms with van der Waals surface area (Å²) in [5.41, 5.74) is 10.7. The van der Waals surface area contributed by atoms with Crippen LogP contribution in [-0.4, -0.2) is 6.54 Å². The number of nitrogens with one attached hydrogen (secondary N) is 1. The number of aryl methyl sites for hydroxylation is 1. The molecule has 1 aromatic rings. The molecule has 0 atom stereocenters. The molecule has 0 spiro atoms. The SMILES string of the molecule is CCCCNCc1c(C)ccc(N)c1C. The van der Waals surface area contributed by atoms with E-state index in [0.717, 1.165) is 18.8 Å². The zero-order valence-corrected chi connectivity index (χ0v) is 10.1. The standard InChI is InChI=1S/C13H22N2/c1-4-5-8-15-9-12-10(2)6-7-13(14)11(12)3/h6-7,15H,4-5,8-9,14H2,1-3H3. The molecule has 2 nitrogen and oxygen atoms in total. The monoisotopic (exact) mass is 206 g/mol. The number of benzene rings is 1. The number of hydrogen-bond donors (Lipinski definition) is 2. The van der Waals surface area contributed by atoms with Crippen LogP contribution in [0.3, 0.4) is 0 Å². The van der Waals surface area contributed by atoms with Crippen molar-refractivity contribution in [3.8, 4) is 0 Å². The van der Waals surface area contributed by atoms with Gasteiger partial charge in [0.2, 0.25) is 0 Å². The van der Waals surface area contributed by atoms with Crippen LogP contribution in [0.2, 0.25) is 0 Å². The lowest BCUT2D eigenvalue weighted by Crippen LogP contribution is -2.16. The van der Waals surface area contributed by atoms with Gasteiger partial charge < -0.3 is 11.1 Å². The smallest absolute Gasteiger partial charge is 0.0347 e. The van der Waals surface area contributed by atoms with Crippen LogP contribution >= 0.6 is 0 Å². The average molecular weight is 206 g/mol. The lowest BCUT2D eigenvalue weighted by Gasteiger charge is -2.12. The Kier molecular flexibility index (Phi) is 4.63. The average Bonchev–Trinajstić information content (AvgIpc) is 2.23. The summed E-state index contributed by atoms with van der Waals surface area (Å²) in [6.45, 7) is 8.47. The maximum absolute atomic E-state index is 5.89. The first-order valence-electron chi connectivity index (χ1n) is 5.72. The van der Waals surface area contributed by atoms with E-state index in [-0.39, 0.29) is 0 Å². The summed E-state index contributed by atoms with van der Waals surface area (Å²) in [6.07, 6.45) is 2.47. The van der Waals surface area contributed by atoms with Crippen LogP contribution in [0.1, 0.15) is 36.5 Å². The van der Waals surface area contributed by atoms with Crippen molar-refractivity contribution in [3.63, 3.8) is 0 Å². The highest BCUT2D eigenvalue weighted by molar-refractivity contribution is 5.52. The van der Waals surface area contributed by atoms with Crippen LogP contribution in [-0.2, 0) is 6.54 Å². The first kappa shape index (κ1) is 12.1. The summed E-state index contributed by atoms with van der Waals surface area (Å²) in [4.78, 5) is 0. The Morgan fingerprint density at radius 2 is 2.00 bits per heavy atom. The van der Waals surface area contributed by atoms with Gasteiger partial charge in [0.05, 0.1) is 0 Å². The summed E-state index contributed by atoms with van der Waals surface area (Å²) in [6, 6.07) is 4.08. The number of nitrogens with two attached hydrogens (primary N) is 1. The molecule has 0 bridgehead atoms. The number of unbranched alkanes of at least 4 members (excludes halogenated alkanes) is 1. The summed E-state index contributed by atoms with van der Waals surface area (Å²) >= 11 is 0. The fourth-order valence-corrected chi connectivity index (χ4v) is 1.70. The molecule has 0 aliphatic carbocycles. The van der Waals surface area contributed by atoms with Crippen LogP contribution in [0.15, 0.2) is 12.1 Å². The van der Waals surface area contributed by atoms with Gasteiger partial charge in [0.15, 0.2) is 0 Å². The molecule has 0 saturated carbocycles. The van der Waals surface area contributed by atoms with Crippen LogP contribution in [0.5, 0.6) is 0 Å². The van der Waals surface area contributed by atoms with Crippen molar-refractivity contribution >= 4 is 5.69 Å². The third-order valence-electron chi connectivity index (χ3n) is 2.88. The van der Waals surface area contributed by atoms with Gasteiger partial charge in [0, 0.05) is 12.2 Å². The Bertz CT molecular complexity index is 319. The van der Waals surface area contributed by atoms with Gasteiger partial charge in [-0.1, -0.05) is 19.4 Å². The number of hydrogen-bond acceptors (Lipinski definition) is 2. The second-order valence-corrected chi connectivity index (χ2v) is 4.11. The molecule has 0 saturated heterocycles. The van der Waals surface area contributed by atoms with Gasteiger partial charge in [0.25, 0.3) is 0 Å². The van der Waals surface area contributed by atoms with E-state index in [9.17, 15) is 0 Å². The first-order valence-corrected chi connectivity index (χ1v) is 5.72. The molecule has 3 N–H and O–H groups in total. The zero-order chi connectivity index (χ0) is 11.3. The van der Waals surface area contributed by atoms with Gasteiger partial charge in [-0.3, -0.25) is 0 Å². The molecular weight excluding hydrogens is 184 g/mol. The lowest BCUT2D eigenvalue weighted by atomic mass is 10.0. The highest BCUT2D eigenvalue weighted by Gasteiger charge is 2.04. The second-order valence-electron chi connectivity index (χ2n) is 4.11. The normalized spacial score (nSPS) is 10.6. The summed E-state index contributed by atoms with van der Waals surface area (Å²) in [5, 5.41) is 3.46. The minimum atomic E-state index is 0.896. The Morgan fingerprint density at radius 1 is 1.27 bits per heavy atom. The second kappa shape index (κ2) is 5.76. The van der Waals surface area contributed by atoms with Crippen molar-refractivity contribution in [2.45, 2.75) is 40.2 Å². The topological polar surface area (TPSA) is 38.0 Å². The largest absolute Gasteiger partial charge is 0.399 e. The molecule has 0 aromatic heterocycles. The molecular formula is C13H22N2. The highest BCUT2D eigenvalue weighted by atomic mass is 14.8. The van der Waals surface area contributed by atoms with Crippen molar-refractivity contribution in [1.82, 2.24) is 5.32 Å². The summed E-state index contributed by atoms with van der Waals surface area (Å²) < 4.78 is 0. The predicted octanol–water partition coefficient (Wildman–Crippen LogP) is 2.78. The molecule has 1 rings (SSSR count). The quantitative estimate of drug-likeness (QED) is 0.574. The predicted molar refractivity (Wildman–Crippen MR) is 66.9 cm³/mol. The molecule has 0 amide bonds. The number of anilines is 1. The fraction of sp³-hybridized carbons (Fsp3) is 0.538. The van der Waals surface area contributed by atoms with Crippen molar-refractivity contribution < 1.29 is 0 Å². The van der Waals surface area contributed by atoms with E-state index in [1.807, 2.05) is 6.07 Å². The van der Waals surface area contributed by atoms with E-state index in [0.29, 0.717) is 0 Å². The Hall–Kier alpha value is -1.02. The van der Waals surface area contributed by atoms with Crippen LogP contribution in [0.25, 0.3) is 0 Å². The summed E-state index contributed by atoms with van der Waals surface area (Å²) in [5.74, 6) is 0. The minimum absolute atomic E-state index is 0.896. The van der Waals surface area contributed by atoms with Gasteiger partial charge in [-0.25, -0.2) is 0 Å². The van der Waals surface area contributed by atoms with Gasteiger partial charge in [-0.15, -0.1) is 0 Å². The van der Waals surface area contributed by atoms with E-state index in [1.54, 1.807) is 0 Å². The van der Waals surface area contributed by atoms with Crippen molar-refractivity contribution in [2.75, 3.05) is 12.3 Å². The molecule has 84 valence electrons. The maximum Gasteiger partial charge on any atom is 0.0347 e. The Balaban J connectivity index is 2.63. The lowest BCUT2D eigenvalue weighted by molar-refractivity contribution is 0.638. The zero-order valence-electron chi connectivity index (χ0n) is 10.1. The van der Waals surface area contributed by atoms with Crippen molar-refractivity contribution in [2.24, 2.45) is 0 Å². The van der Waals surface area contributed by atoms with Crippen LogP contribution in [0.4, 0.5) is 5.69 Å². The Morgan fingerprint density at radius 3 is 2.67 bits per heavy atom. The van der Waals surface area contributed by atoms with E-state index in [2.05, 4.69) is 32.2 Å². The van der Waals surface area contributed by atoms with Crippen molar-refractivity contribution in [1.29, 1.82) is 0 Å². The van der Waals surface area contributed by atoms with Gasteiger partial charge in [0.1, 0.15) is 0 Å². The molecule has 0 fully saturated rings. The number of nitrogen functional groups attached to an aromatic ring is 1. The molecule has 15 heavy (non-hydrogen) atoms. The number of rotatable bonds is 5. The van der Waals surface area contributed by atoms with E-state index < -0.39 is 0 Å². The third-order valence-corrected chi connectivity index (χ3v) is 2.88. The van der Waals surface area contributed by atoms with Gasteiger partial charge >= 0.3 is 0 Å².